The van der Waals surface area contributed by atoms with Crippen molar-refractivity contribution in [3.63, 3.8) is 0 Å². The van der Waals surface area contributed by atoms with Gasteiger partial charge >= 0.3 is 0 Å². The van der Waals surface area contributed by atoms with E-state index in [0.29, 0.717) is 18.3 Å². The number of rotatable bonds is 6. The molecule has 0 aliphatic carbocycles. The Bertz CT molecular complexity index is 467. The van der Waals surface area contributed by atoms with E-state index in [4.69, 9.17) is 10.5 Å². The van der Waals surface area contributed by atoms with E-state index < -0.39 is 0 Å². The second-order valence-electron chi connectivity index (χ2n) is 3.85. The number of nitrogens with zero attached hydrogens (tertiary/aromatic N) is 1. The lowest BCUT2D eigenvalue weighted by Gasteiger charge is -2.16. The molecule has 96 valence electrons. The molecule has 0 saturated carbocycles. The number of aldehydes is 2. The molecule has 0 fully saturated rings. The molecule has 5 nitrogen and oxygen atoms in total. The normalized spacial score (nSPS) is 10.9. The molecule has 0 saturated heterocycles. The molecule has 0 aliphatic rings. The number of benzene rings is 1. The predicted molar refractivity (Wildman–Crippen MR) is 71.2 cm³/mol. The molecule has 1 aromatic carbocycles. The third-order valence-corrected chi connectivity index (χ3v) is 2.27. The van der Waals surface area contributed by atoms with Crippen LogP contribution in [0.5, 0.6) is 0 Å². The fourth-order valence-electron chi connectivity index (χ4n) is 1.49. The third-order valence-electron chi connectivity index (χ3n) is 2.27. The van der Waals surface area contributed by atoms with Crippen LogP contribution in [0.4, 0.5) is 11.4 Å². The molecule has 5 heteroatoms. The van der Waals surface area contributed by atoms with Gasteiger partial charge in [0.15, 0.2) is 18.3 Å². The topological polar surface area (TPSA) is 72.6 Å². The molecule has 2 N–H and O–H groups in total. The summed E-state index contributed by atoms with van der Waals surface area (Å²) >= 11 is 0. The Hall–Kier alpha value is -2.30. The minimum Gasteiger partial charge on any atom is -0.483 e. The van der Waals surface area contributed by atoms with Gasteiger partial charge in [-0.2, -0.15) is 0 Å². The summed E-state index contributed by atoms with van der Waals surface area (Å²) in [6, 6.07) is 5.37. The van der Waals surface area contributed by atoms with Crippen molar-refractivity contribution in [1.82, 2.24) is 0 Å². The Morgan fingerprint density at radius 3 is 2.67 bits per heavy atom. The molecular weight excluding hydrogens is 232 g/mol. The largest absolute Gasteiger partial charge is 0.483 e. The Balaban J connectivity index is 3.13. The first kappa shape index (κ1) is 13.8. The van der Waals surface area contributed by atoms with Crippen LogP contribution in [-0.4, -0.2) is 33.3 Å². The first-order valence-electron chi connectivity index (χ1n) is 5.38. The molecule has 1 rings (SSSR count). The number of allylic oxidation sites excluding steroid dienone is 1. The van der Waals surface area contributed by atoms with Gasteiger partial charge in [0.25, 0.3) is 0 Å². The van der Waals surface area contributed by atoms with E-state index in [-0.39, 0.29) is 12.4 Å². The van der Waals surface area contributed by atoms with Gasteiger partial charge in [-0.1, -0.05) is 0 Å². The summed E-state index contributed by atoms with van der Waals surface area (Å²) in [5, 5.41) is 0. The number of ether oxygens (including phenoxy) is 1. The average molecular weight is 248 g/mol. The highest BCUT2D eigenvalue weighted by atomic mass is 16.5. The molecule has 0 atom stereocenters. The molecule has 18 heavy (non-hydrogen) atoms. The van der Waals surface area contributed by atoms with Gasteiger partial charge in [-0.15, -0.1) is 0 Å². The molecule has 0 aromatic heterocycles. The van der Waals surface area contributed by atoms with Crippen molar-refractivity contribution in [2.24, 2.45) is 0 Å². The van der Waals surface area contributed by atoms with Gasteiger partial charge in [0.1, 0.15) is 6.61 Å². The SMILES string of the molecule is CN(C)c1ccc(N)cc1/C=C(\C=O)OCC=O. The molecular formula is C13H16N2O3. The highest BCUT2D eigenvalue weighted by Crippen LogP contribution is 2.23. The van der Waals surface area contributed by atoms with Gasteiger partial charge in [0, 0.05) is 31.0 Å². The first-order valence-corrected chi connectivity index (χ1v) is 5.38. The minimum absolute atomic E-state index is 0.0933. The van der Waals surface area contributed by atoms with Crippen LogP contribution in [0.3, 0.4) is 0 Å². The lowest BCUT2D eigenvalue weighted by atomic mass is 10.1. The fourth-order valence-corrected chi connectivity index (χ4v) is 1.49. The molecule has 0 heterocycles. The summed E-state index contributed by atoms with van der Waals surface area (Å²) < 4.78 is 4.98. The monoisotopic (exact) mass is 248 g/mol. The van der Waals surface area contributed by atoms with Crippen molar-refractivity contribution in [3.05, 3.63) is 29.5 Å². The highest BCUT2D eigenvalue weighted by Gasteiger charge is 2.05. The molecule has 0 aliphatic heterocycles. The van der Waals surface area contributed by atoms with Crippen LogP contribution in [0.25, 0.3) is 6.08 Å². The van der Waals surface area contributed by atoms with Crippen molar-refractivity contribution in [2.75, 3.05) is 31.3 Å². The van der Waals surface area contributed by atoms with E-state index in [0.717, 1.165) is 11.3 Å². The zero-order chi connectivity index (χ0) is 13.5. The Morgan fingerprint density at radius 2 is 2.11 bits per heavy atom. The third kappa shape index (κ3) is 3.62. The molecule has 0 unspecified atom stereocenters. The van der Waals surface area contributed by atoms with Crippen molar-refractivity contribution in [3.8, 4) is 0 Å². The molecule has 0 radical (unpaired) electrons. The molecule has 0 bridgehead atoms. The zero-order valence-electron chi connectivity index (χ0n) is 10.4. The van der Waals surface area contributed by atoms with Crippen LogP contribution < -0.4 is 10.6 Å². The Morgan fingerprint density at radius 1 is 1.39 bits per heavy atom. The maximum Gasteiger partial charge on any atom is 0.184 e. The van der Waals surface area contributed by atoms with Crippen LogP contribution in [0, 0.1) is 0 Å². The van der Waals surface area contributed by atoms with E-state index in [2.05, 4.69) is 0 Å². The molecule has 1 aromatic rings. The van der Waals surface area contributed by atoms with Gasteiger partial charge < -0.3 is 15.4 Å². The van der Waals surface area contributed by atoms with E-state index in [9.17, 15) is 9.59 Å². The number of nitrogen functional groups attached to an aromatic ring is 1. The van der Waals surface area contributed by atoms with Gasteiger partial charge in [0.2, 0.25) is 0 Å². The number of hydrogen-bond donors (Lipinski definition) is 1. The van der Waals surface area contributed by atoms with Gasteiger partial charge in [-0.3, -0.25) is 9.59 Å². The van der Waals surface area contributed by atoms with Crippen molar-refractivity contribution in [2.45, 2.75) is 0 Å². The van der Waals surface area contributed by atoms with Gasteiger partial charge in [0.05, 0.1) is 0 Å². The quantitative estimate of drug-likeness (QED) is 0.353. The van der Waals surface area contributed by atoms with E-state index in [1.165, 1.54) is 0 Å². The van der Waals surface area contributed by atoms with Gasteiger partial charge in [-0.25, -0.2) is 0 Å². The van der Waals surface area contributed by atoms with E-state index in [1.807, 2.05) is 25.1 Å². The van der Waals surface area contributed by atoms with Crippen molar-refractivity contribution < 1.29 is 14.3 Å². The van der Waals surface area contributed by atoms with Crippen molar-refractivity contribution in [1.29, 1.82) is 0 Å². The van der Waals surface area contributed by atoms with Crippen LogP contribution in [0.2, 0.25) is 0 Å². The second-order valence-corrected chi connectivity index (χ2v) is 3.85. The number of carbonyl (C=O) groups excluding carboxylic acids is 2. The lowest BCUT2D eigenvalue weighted by Crippen LogP contribution is -2.10. The second kappa shape index (κ2) is 6.44. The van der Waals surface area contributed by atoms with E-state index >= 15 is 0 Å². The highest BCUT2D eigenvalue weighted by molar-refractivity contribution is 5.83. The number of hydrogen-bond acceptors (Lipinski definition) is 5. The molecule has 0 amide bonds. The summed E-state index contributed by atoms with van der Waals surface area (Å²) in [6.45, 7) is -0.149. The van der Waals surface area contributed by atoms with Crippen molar-refractivity contribution >= 4 is 30.0 Å². The van der Waals surface area contributed by atoms with E-state index in [1.54, 1.807) is 18.2 Å². The fraction of sp³-hybridized carbons (Fsp3) is 0.231. The summed E-state index contributed by atoms with van der Waals surface area (Å²) in [5.74, 6) is 0.0933. The predicted octanol–water partition coefficient (Wildman–Crippen LogP) is 1.09. The van der Waals surface area contributed by atoms with Crippen LogP contribution in [-0.2, 0) is 14.3 Å². The summed E-state index contributed by atoms with van der Waals surface area (Å²) in [5.41, 5.74) is 7.96. The van der Waals surface area contributed by atoms with Crippen LogP contribution in [0.1, 0.15) is 5.56 Å². The van der Waals surface area contributed by atoms with Crippen LogP contribution >= 0.6 is 0 Å². The first-order chi connectivity index (χ1) is 8.58. The standard InChI is InChI=1S/C13H16N2O3/c1-15(2)13-4-3-11(14)7-10(13)8-12(9-17)18-6-5-16/h3-5,7-9H,6,14H2,1-2H3/b12-8+. The van der Waals surface area contributed by atoms with Crippen LogP contribution in [0.15, 0.2) is 24.0 Å². The maximum absolute atomic E-state index is 10.8. The Labute approximate surface area is 106 Å². The summed E-state index contributed by atoms with van der Waals surface area (Å²) in [7, 11) is 3.77. The maximum atomic E-state index is 10.8. The summed E-state index contributed by atoms with van der Waals surface area (Å²) in [4.78, 5) is 22.9. The smallest absolute Gasteiger partial charge is 0.184 e. The summed E-state index contributed by atoms with van der Waals surface area (Å²) in [6.07, 6.45) is 2.71. The zero-order valence-corrected chi connectivity index (χ0v) is 10.4. The number of nitrogens with two attached hydrogens (primary N) is 1. The number of anilines is 2. The number of carbonyl (C=O) groups is 2. The Kier molecular flexibility index (Phi) is 4.92. The molecule has 0 spiro atoms. The lowest BCUT2D eigenvalue weighted by molar-refractivity contribution is -0.112. The van der Waals surface area contributed by atoms with Gasteiger partial charge in [-0.05, 0) is 24.3 Å². The average Bonchev–Trinajstić information content (AvgIpc) is 2.34. The minimum atomic E-state index is -0.149.